The van der Waals surface area contributed by atoms with E-state index in [1.165, 1.54) is 0 Å². The second kappa shape index (κ2) is 10.6. The second-order valence-corrected chi connectivity index (χ2v) is 6.13. The van der Waals surface area contributed by atoms with E-state index >= 15 is 0 Å². The largest absolute Gasteiger partial charge is 0.339 e. The van der Waals surface area contributed by atoms with Crippen LogP contribution in [0.25, 0.3) is 0 Å². The predicted octanol–water partition coefficient (Wildman–Crippen LogP) is 4.17. The summed E-state index contributed by atoms with van der Waals surface area (Å²) in [5.74, 6) is 0.649. The van der Waals surface area contributed by atoms with Crippen LogP contribution in [0.4, 0.5) is 0 Å². The highest BCUT2D eigenvalue weighted by Crippen LogP contribution is 2.18. The summed E-state index contributed by atoms with van der Waals surface area (Å²) < 4.78 is 0. The molecule has 0 aromatic heterocycles. The number of nitrogens with zero attached hydrogens (tertiary/aromatic N) is 1. The van der Waals surface area contributed by atoms with Crippen LogP contribution in [0.15, 0.2) is 30.3 Å². The van der Waals surface area contributed by atoms with Crippen LogP contribution >= 0.6 is 12.4 Å². The standard InChI is InChI=1S/C18H30N2O.ClH/c1-5-16(6-2)20(13-14(3)4)18(21)12-17(19)15-10-8-7-9-11-15;/h7-11,14,16-17H,5-6,12-13,19H2,1-4H3;1H. The van der Waals surface area contributed by atoms with Crippen molar-refractivity contribution in [3.05, 3.63) is 35.9 Å². The lowest BCUT2D eigenvalue weighted by Gasteiger charge is -2.33. The number of halogens is 1. The minimum Gasteiger partial charge on any atom is -0.339 e. The van der Waals surface area contributed by atoms with E-state index in [1.54, 1.807) is 0 Å². The zero-order valence-electron chi connectivity index (χ0n) is 14.3. The van der Waals surface area contributed by atoms with E-state index in [-0.39, 0.29) is 24.4 Å². The normalized spacial score (nSPS) is 12.1. The number of nitrogens with two attached hydrogens (primary N) is 1. The Morgan fingerprint density at radius 2 is 1.68 bits per heavy atom. The molecule has 0 saturated heterocycles. The van der Waals surface area contributed by atoms with Gasteiger partial charge in [-0.1, -0.05) is 58.0 Å². The van der Waals surface area contributed by atoms with Crippen molar-refractivity contribution in [2.75, 3.05) is 6.54 Å². The maximum atomic E-state index is 12.7. The molecule has 0 aliphatic rings. The van der Waals surface area contributed by atoms with Crippen LogP contribution in [-0.4, -0.2) is 23.4 Å². The molecule has 2 N–H and O–H groups in total. The van der Waals surface area contributed by atoms with Gasteiger partial charge in [0.15, 0.2) is 0 Å². The molecular formula is C18H31ClN2O. The Morgan fingerprint density at radius 3 is 2.14 bits per heavy atom. The van der Waals surface area contributed by atoms with Crippen LogP contribution < -0.4 is 5.73 Å². The molecule has 3 nitrogen and oxygen atoms in total. The highest BCUT2D eigenvalue weighted by atomic mass is 35.5. The van der Waals surface area contributed by atoms with E-state index in [2.05, 4.69) is 27.7 Å². The first-order valence-electron chi connectivity index (χ1n) is 8.09. The van der Waals surface area contributed by atoms with Gasteiger partial charge in [0, 0.05) is 25.0 Å². The molecule has 0 bridgehead atoms. The molecule has 1 unspecified atom stereocenters. The average Bonchev–Trinajstić information content (AvgIpc) is 2.47. The van der Waals surface area contributed by atoms with Crippen LogP contribution in [0.3, 0.4) is 0 Å². The summed E-state index contributed by atoms with van der Waals surface area (Å²) in [6.45, 7) is 9.41. The molecule has 0 saturated carbocycles. The topological polar surface area (TPSA) is 46.3 Å². The Kier molecular flexibility index (Phi) is 10.1. The summed E-state index contributed by atoms with van der Waals surface area (Å²) in [6.07, 6.45) is 2.37. The Morgan fingerprint density at radius 1 is 1.14 bits per heavy atom. The lowest BCUT2D eigenvalue weighted by molar-refractivity contribution is -0.134. The van der Waals surface area contributed by atoms with E-state index < -0.39 is 0 Å². The first-order chi connectivity index (χ1) is 9.99. The van der Waals surface area contributed by atoms with Crippen molar-refractivity contribution < 1.29 is 4.79 Å². The maximum absolute atomic E-state index is 12.7. The molecular weight excluding hydrogens is 296 g/mol. The molecule has 4 heteroatoms. The molecule has 22 heavy (non-hydrogen) atoms. The van der Waals surface area contributed by atoms with Crippen molar-refractivity contribution >= 4 is 18.3 Å². The van der Waals surface area contributed by atoms with Crippen LogP contribution in [0, 0.1) is 5.92 Å². The monoisotopic (exact) mass is 326 g/mol. The molecule has 0 spiro atoms. The van der Waals surface area contributed by atoms with Crippen molar-refractivity contribution in [3.8, 4) is 0 Å². The van der Waals surface area contributed by atoms with Gasteiger partial charge in [-0.3, -0.25) is 4.79 Å². The lowest BCUT2D eigenvalue weighted by Crippen LogP contribution is -2.43. The van der Waals surface area contributed by atoms with Gasteiger partial charge < -0.3 is 10.6 Å². The van der Waals surface area contributed by atoms with E-state index in [0.717, 1.165) is 24.9 Å². The molecule has 0 aliphatic carbocycles. The van der Waals surface area contributed by atoms with Crippen LogP contribution in [-0.2, 0) is 4.79 Å². The number of carbonyl (C=O) groups excluding carboxylic acids is 1. The highest BCUT2D eigenvalue weighted by Gasteiger charge is 2.23. The Hall–Kier alpha value is -1.06. The molecule has 0 heterocycles. The van der Waals surface area contributed by atoms with Gasteiger partial charge in [-0.15, -0.1) is 12.4 Å². The maximum Gasteiger partial charge on any atom is 0.224 e. The third kappa shape index (κ3) is 6.37. The minimum atomic E-state index is -0.220. The van der Waals surface area contributed by atoms with E-state index in [1.807, 2.05) is 35.2 Å². The quantitative estimate of drug-likeness (QED) is 0.779. The average molecular weight is 327 g/mol. The molecule has 1 atom stereocenters. The molecule has 1 aromatic rings. The highest BCUT2D eigenvalue weighted by molar-refractivity contribution is 5.85. The fourth-order valence-corrected chi connectivity index (χ4v) is 2.70. The van der Waals surface area contributed by atoms with Crippen molar-refractivity contribution in [2.45, 2.75) is 59.0 Å². The van der Waals surface area contributed by atoms with Gasteiger partial charge in [0.1, 0.15) is 0 Å². The first kappa shape index (κ1) is 20.9. The van der Waals surface area contributed by atoms with Gasteiger partial charge in [-0.25, -0.2) is 0 Å². The van der Waals surface area contributed by atoms with Gasteiger partial charge in [0.25, 0.3) is 0 Å². The summed E-state index contributed by atoms with van der Waals surface area (Å²) in [6, 6.07) is 9.97. The summed E-state index contributed by atoms with van der Waals surface area (Å²) in [7, 11) is 0. The molecule has 0 aliphatic heterocycles. The molecule has 1 aromatic carbocycles. The van der Waals surface area contributed by atoms with Crippen LogP contribution in [0.1, 0.15) is 58.6 Å². The van der Waals surface area contributed by atoms with Gasteiger partial charge in [0.05, 0.1) is 0 Å². The minimum absolute atomic E-state index is 0. The third-order valence-electron chi connectivity index (χ3n) is 3.89. The number of benzene rings is 1. The second-order valence-electron chi connectivity index (χ2n) is 6.13. The Balaban J connectivity index is 0.00000441. The molecule has 1 amide bonds. The smallest absolute Gasteiger partial charge is 0.224 e. The summed E-state index contributed by atoms with van der Waals surface area (Å²) in [5.41, 5.74) is 7.23. The summed E-state index contributed by atoms with van der Waals surface area (Å²) in [5, 5.41) is 0. The van der Waals surface area contributed by atoms with Gasteiger partial charge in [-0.05, 0) is 24.3 Å². The van der Waals surface area contributed by atoms with Gasteiger partial charge in [-0.2, -0.15) is 0 Å². The van der Waals surface area contributed by atoms with E-state index in [4.69, 9.17) is 5.73 Å². The van der Waals surface area contributed by atoms with E-state index in [9.17, 15) is 4.79 Å². The number of amides is 1. The van der Waals surface area contributed by atoms with Crippen LogP contribution in [0.5, 0.6) is 0 Å². The summed E-state index contributed by atoms with van der Waals surface area (Å²) >= 11 is 0. The van der Waals surface area contributed by atoms with Crippen molar-refractivity contribution in [1.82, 2.24) is 4.90 Å². The fourth-order valence-electron chi connectivity index (χ4n) is 2.70. The van der Waals surface area contributed by atoms with E-state index in [0.29, 0.717) is 18.4 Å². The van der Waals surface area contributed by atoms with Crippen LogP contribution in [0.2, 0.25) is 0 Å². The number of rotatable bonds is 8. The van der Waals surface area contributed by atoms with Crippen molar-refractivity contribution in [3.63, 3.8) is 0 Å². The summed E-state index contributed by atoms with van der Waals surface area (Å²) in [4.78, 5) is 14.7. The van der Waals surface area contributed by atoms with Crippen molar-refractivity contribution in [2.24, 2.45) is 11.7 Å². The lowest BCUT2D eigenvalue weighted by atomic mass is 10.0. The number of hydrogen-bond acceptors (Lipinski definition) is 2. The predicted molar refractivity (Wildman–Crippen MR) is 96.2 cm³/mol. The Labute approximate surface area is 141 Å². The molecule has 0 radical (unpaired) electrons. The molecule has 0 fully saturated rings. The first-order valence-corrected chi connectivity index (χ1v) is 8.09. The number of hydrogen-bond donors (Lipinski definition) is 1. The fraction of sp³-hybridized carbons (Fsp3) is 0.611. The zero-order chi connectivity index (χ0) is 15.8. The van der Waals surface area contributed by atoms with Gasteiger partial charge >= 0.3 is 0 Å². The zero-order valence-corrected chi connectivity index (χ0v) is 15.1. The Bertz CT molecular complexity index is 418. The molecule has 1 rings (SSSR count). The molecule has 126 valence electrons. The van der Waals surface area contributed by atoms with Crippen molar-refractivity contribution in [1.29, 1.82) is 0 Å². The SMILES string of the molecule is CCC(CC)N(CC(C)C)C(=O)CC(N)c1ccccc1.Cl. The number of carbonyl (C=O) groups is 1. The third-order valence-corrected chi connectivity index (χ3v) is 3.89. The van der Waals surface area contributed by atoms with Gasteiger partial charge in [0.2, 0.25) is 5.91 Å².